The maximum Gasteiger partial charge on any atom is 0.262 e. The number of thioether (sulfide) groups is 1. The second-order valence-corrected chi connectivity index (χ2v) is 6.90. The number of rotatable bonds is 2. The quantitative estimate of drug-likeness (QED) is 0.846. The fraction of sp³-hybridized carbons (Fsp3) is 0.111. The van der Waals surface area contributed by atoms with Crippen LogP contribution in [-0.4, -0.2) is 17.7 Å². The van der Waals surface area contributed by atoms with Crippen molar-refractivity contribution in [1.29, 1.82) is 0 Å². The lowest BCUT2D eigenvalue weighted by Gasteiger charge is -2.25. The fourth-order valence-electron chi connectivity index (χ4n) is 2.85. The first-order chi connectivity index (χ1) is 12.5. The van der Waals surface area contributed by atoms with E-state index in [1.54, 1.807) is 24.4 Å². The van der Waals surface area contributed by atoms with Crippen molar-refractivity contribution >= 4 is 34.1 Å². The van der Waals surface area contributed by atoms with Gasteiger partial charge in [-0.1, -0.05) is 23.9 Å². The summed E-state index contributed by atoms with van der Waals surface area (Å²) in [5.74, 6) is -1.26. The van der Waals surface area contributed by atoms with Gasteiger partial charge in [0.05, 0.1) is 10.9 Å². The Morgan fingerprint density at radius 1 is 1.23 bits per heavy atom. The largest absolute Gasteiger partial charge is 0.478 e. The number of carbonyl (C=O) groups excluding carboxylic acids is 1. The summed E-state index contributed by atoms with van der Waals surface area (Å²) in [5.41, 5.74) is 8.13. The van der Waals surface area contributed by atoms with Gasteiger partial charge in [-0.2, -0.15) is 0 Å². The molecule has 0 radical (unpaired) electrons. The van der Waals surface area contributed by atoms with E-state index in [4.69, 9.17) is 10.5 Å². The third kappa shape index (κ3) is 3.03. The van der Waals surface area contributed by atoms with E-state index < -0.39 is 5.82 Å². The minimum absolute atomic E-state index is 0.0127. The molecule has 3 N–H and O–H groups in total. The molecule has 2 aromatic rings. The minimum Gasteiger partial charge on any atom is -0.478 e. The summed E-state index contributed by atoms with van der Waals surface area (Å²) in [5, 5.41) is 2.68. The first kappa shape index (κ1) is 16.6. The SMILES string of the molecule is NC1=NC=C(c2cc(F)c3c(c2)NC(=O)CO3)C(c2ccc(F)cc2)S1. The topological polar surface area (TPSA) is 76.7 Å². The number of nitrogens with two attached hydrogens (primary N) is 1. The zero-order valence-electron chi connectivity index (χ0n) is 13.3. The van der Waals surface area contributed by atoms with Crippen LogP contribution in [0.2, 0.25) is 0 Å². The summed E-state index contributed by atoms with van der Waals surface area (Å²) in [4.78, 5) is 15.7. The standard InChI is InChI=1S/C18H13F2N3O2S/c19-11-3-1-9(2-4-11)17-12(7-22-18(21)26-17)10-5-13(20)16-14(6-10)23-15(24)8-25-16/h1-7,17H,8H2,(H2,21,22)(H,23,24). The van der Waals surface area contributed by atoms with Crippen molar-refractivity contribution in [1.82, 2.24) is 0 Å². The lowest BCUT2D eigenvalue weighted by molar-refractivity contribution is -0.118. The monoisotopic (exact) mass is 373 g/mol. The maximum absolute atomic E-state index is 14.5. The Balaban J connectivity index is 1.79. The van der Waals surface area contributed by atoms with Crippen molar-refractivity contribution in [3.05, 3.63) is 65.4 Å². The van der Waals surface area contributed by atoms with Crippen LogP contribution in [0.5, 0.6) is 5.75 Å². The van der Waals surface area contributed by atoms with E-state index in [1.807, 2.05) is 0 Å². The van der Waals surface area contributed by atoms with Crippen LogP contribution in [-0.2, 0) is 4.79 Å². The van der Waals surface area contributed by atoms with Gasteiger partial charge in [-0.25, -0.2) is 13.8 Å². The number of nitrogens with zero attached hydrogens (tertiary/aromatic N) is 1. The Morgan fingerprint density at radius 2 is 2.00 bits per heavy atom. The lowest BCUT2D eigenvalue weighted by atomic mass is 9.97. The molecule has 0 fully saturated rings. The zero-order valence-corrected chi connectivity index (χ0v) is 14.1. The molecule has 0 bridgehead atoms. The molecule has 4 rings (SSSR count). The molecule has 0 aliphatic carbocycles. The number of aliphatic imine (C=N–C) groups is 1. The highest BCUT2D eigenvalue weighted by Crippen LogP contribution is 2.45. The van der Waals surface area contributed by atoms with Gasteiger partial charge in [0.15, 0.2) is 23.3 Å². The molecule has 2 heterocycles. The summed E-state index contributed by atoms with van der Waals surface area (Å²) in [6.45, 7) is -0.221. The van der Waals surface area contributed by atoms with Gasteiger partial charge in [-0.3, -0.25) is 4.79 Å². The highest BCUT2D eigenvalue weighted by molar-refractivity contribution is 8.14. The van der Waals surface area contributed by atoms with Crippen molar-refractivity contribution in [2.45, 2.75) is 5.25 Å². The Hall–Kier alpha value is -2.87. The number of anilines is 1. The summed E-state index contributed by atoms with van der Waals surface area (Å²) >= 11 is 1.29. The van der Waals surface area contributed by atoms with Gasteiger partial charge in [-0.05, 0) is 41.0 Å². The van der Waals surface area contributed by atoms with Crippen molar-refractivity contribution in [3.63, 3.8) is 0 Å². The van der Waals surface area contributed by atoms with Gasteiger partial charge >= 0.3 is 0 Å². The third-order valence-electron chi connectivity index (χ3n) is 4.02. The normalized spacial score (nSPS) is 19.0. The molecule has 1 amide bonds. The number of ether oxygens (including phenoxy) is 1. The lowest BCUT2D eigenvalue weighted by Crippen LogP contribution is -2.26. The second-order valence-electron chi connectivity index (χ2n) is 5.77. The molecule has 0 spiro atoms. The number of carbonyl (C=O) groups is 1. The fourth-order valence-corrected chi connectivity index (χ4v) is 3.82. The van der Waals surface area contributed by atoms with Gasteiger partial charge in [0.1, 0.15) is 5.82 Å². The highest BCUT2D eigenvalue weighted by Gasteiger charge is 2.27. The average molecular weight is 373 g/mol. The Bertz CT molecular complexity index is 958. The van der Waals surface area contributed by atoms with E-state index in [-0.39, 0.29) is 35.0 Å². The molecule has 2 aromatic carbocycles. The molecule has 1 atom stereocenters. The molecular formula is C18H13F2N3O2S. The average Bonchev–Trinajstić information content (AvgIpc) is 2.62. The molecule has 0 saturated heterocycles. The molecule has 2 aliphatic heterocycles. The zero-order chi connectivity index (χ0) is 18.3. The summed E-state index contributed by atoms with van der Waals surface area (Å²) in [6.07, 6.45) is 1.56. The van der Waals surface area contributed by atoms with Gasteiger partial charge in [0.25, 0.3) is 5.91 Å². The molecule has 5 nitrogen and oxygen atoms in total. The van der Waals surface area contributed by atoms with Crippen LogP contribution in [0.3, 0.4) is 0 Å². The van der Waals surface area contributed by atoms with E-state index in [9.17, 15) is 13.6 Å². The molecular weight excluding hydrogens is 360 g/mol. The van der Waals surface area contributed by atoms with Gasteiger partial charge in [0, 0.05) is 6.20 Å². The second kappa shape index (κ2) is 6.45. The third-order valence-corrected chi connectivity index (χ3v) is 5.13. The van der Waals surface area contributed by atoms with Crippen LogP contribution in [0.1, 0.15) is 16.4 Å². The predicted molar refractivity (Wildman–Crippen MR) is 96.9 cm³/mol. The van der Waals surface area contributed by atoms with E-state index in [2.05, 4.69) is 10.3 Å². The van der Waals surface area contributed by atoms with E-state index in [0.717, 1.165) is 5.56 Å². The number of amidine groups is 1. The van der Waals surface area contributed by atoms with Crippen molar-refractivity contribution < 1.29 is 18.3 Å². The molecule has 0 aromatic heterocycles. The number of fused-ring (bicyclic) bond motifs is 1. The van der Waals surface area contributed by atoms with E-state index in [0.29, 0.717) is 16.3 Å². The first-order valence-electron chi connectivity index (χ1n) is 7.73. The molecule has 132 valence electrons. The maximum atomic E-state index is 14.5. The first-order valence-corrected chi connectivity index (χ1v) is 8.61. The van der Waals surface area contributed by atoms with Crippen LogP contribution in [0, 0.1) is 11.6 Å². The predicted octanol–water partition coefficient (Wildman–Crippen LogP) is 3.44. The van der Waals surface area contributed by atoms with Gasteiger partial charge < -0.3 is 15.8 Å². The molecule has 26 heavy (non-hydrogen) atoms. The number of hydrogen-bond donors (Lipinski definition) is 2. The summed E-state index contributed by atoms with van der Waals surface area (Å²) in [7, 11) is 0. The molecule has 1 unspecified atom stereocenters. The number of halogens is 2. The minimum atomic E-state index is -0.580. The van der Waals surface area contributed by atoms with Crippen LogP contribution in [0.25, 0.3) is 5.57 Å². The Morgan fingerprint density at radius 3 is 2.77 bits per heavy atom. The summed E-state index contributed by atoms with van der Waals surface area (Å²) in [6, 6.07) is 8.98. The van der Waals surface area contributed by atoms with Gasteiger partial charge in [0.2, 0.25) is 0 Å². The summed E-state index contributed by atoms with van der Waals surface area (Å²) < 4.78 is 32.9. The molecule has 8 heteroatoms. The van der Waals surface area contributed by atoms with Crippen molar-refractivity contribution in [2.75, 3.05) is 11.9 Å². The van der Waals surface area contributed by atoms with Crippen molar-refractivity contribution in [2.24, 2.45) is 10.7 Å². The number of benzene rings is 2. The van der Waals surface area contributed by atoms with Gasteiger partial charge in [-0.15, -0.1) is 0 Å². The smallest absolute Gasteiger partial charge is 0.262 e. The van der Waals surface area contributed by atoms with Crippen molar-refractivity contribution in [3.8, 4) is 5.75 Å². The van der Waals surface area contributed by atoms with Crippen LogP contribution in [0.15, 0.2) is 47.6 Å². The Kier molecular flexibility index (Phi) is 4.12. The number of amides is 1. The molecule has 2 aliphatic rings. The number of hydrogen-bond acceptors (Lipinski definition) is 5. The highest BCUT2D eigenvalue weighted by atomic mass is 32.2. The Labute approximate surface area is 151 Å². The molecule has 0 saturated carbocycles. The van der Waals surface area contributed by atoms with Crippen LogP contribution >= 0.6 is 11.8 Å². The van der Waals surface area contributed by atoms with Crippen LogP contribution in [0.4, 0.5) is 14.5 Å². The van der Waals surface area contributed by atoms with E-state index in [1.165, 1.54) is 30.0 Å². The van der Waals surface area contributed by atoms with E-state index >= 15 is 0 Å². The number of nitrogens with one attached hydrogen (secondary N) is 1. The van der Waals surface area contributed by atoms with Crippen LogP contribution < -0.4 is 15.8 Å².